The molecule has 1 saturated carbocycles. The summed E-state index contributed by atoms with van der Waals surface area (Å²) in [6, 6.07) is 11.1. The van der Waals surface area contributed by atoms with Crippen LogP contribution in [0.4, 0.5) is 0 Å². The number of guanidine groups is 1. The van der Waals surface area contributed by atoms with Crippen molar-refractivity contribution in [1.82, 2.24) is 10.2 Å². The second kappa shape index (κ2) is 8.37. The molecule has 1 aromatic rings. The van der Waals surface area contributed by atoms with E-state index in [4.69, 9.17) is 4.74 Å². The summed E-state index contributed by atoms with van der Waals surface area (Å²) in [6.45, 7) is 6.88. The molecule has 5 nitrogen and oxygen atoms in total. The molecule has 1 aliphatic heterocycles. The number of carbonyl (C=O) groups excluding carboxylic acids is 1. The molecule has 0 aromatic heterocycles. The predicted octanol–water partition coefficient (Wildman–Crippen LogP) is 2.78. The molecule has 1 aromatic carbocycles. The third-order valence-electron chi connectivity index (χ3n) is 5.05. The number of nitrogens with zero attached hydrogens (tertiary/aromatic N) is 2. The highest BCUT2D eigenvalue weighted by Crippen LogP contribution is 2.40. The Morgan fingerprint density at radius 1 is 1.24 bits per heavy atom. The minimum absolute atomic E-state index is 0.0390. The van der Waals surface area contributed by atoms with E-state index in [-0.39, 0.29) is 11.9 Å². The zero-order valence-corrected chi connectivity index (χ0v) is 15.3. The maximum Gasteiger partial charge on any atom is 0.309 e. The Balaban J connectivity index is 1.53. The van der Waals surface area contributed by atoms with Crippen LogP contribution in [0.25, 0.3) is 0 Å². The molecule has 3 rings (SSSR count). The van der Waals surface area contributed by atoms with Crippen molar-refractivity contribution in [1.29, 1.82) is 0 Å². The Kier molecular flexibility index (Phi) is 5.95. The summed E-state index contributed by atoms with van der Waals surface area (Å²) in [5.41, 5.74) is 1.40. The summed E-state index contributed by atoms with van der Waals surface area (Å²) in [5, 5.41) is 3.64. The van der Waals surface area contributed by atoms with Crippen molar-refractivity contribution in [3.05, 3.63) is 35.9 Å². The summed E-state index contributed by atoms with van der Waals surface area (Å²) < 4.78 is 5.16. The second-order valence-corrected chi connectivity index (χ2v) is 6.82. The molecule has 2 aliphatic rings. The molecular weight excluding hydrogens is 314 g/mol. The van der Waals surface area contributed by atoms with Crippen molar-refractivity contribution < 1.29 is 9.53 Å². The maximum atomic E-state index is 11.9. The molecule has 2 unspecified atom stereocenters. The lowest BCUT2D eigenvalue weighted by molar-refractivity contribution is -0.149. The summed E-state index contributed by atoms with van der Waals surface area (Å²) in [4.78, 5) is 18.9. The predicted molar refractivity (Wildman–Crippen MR) is 99.6 cm³/mol. The van der Waals surface area contributed by atoms with E-state index in [0.29, 0.717) is 18.6 Å². The Morgan fingerprint density at radius 3 is 2.60 bits per heavy atom. The summed E-state index contributed by atoms with van der Waals surface area (Å²) in [7, 11) is 0. The molecule has 1 aliphatic carbocycles. The van der Waals surface area contributed by atoms with Gasteiger partial charge < -0.3 is 15.0 Å². The molecule has 1 N–H and O–H groups in total. The Bertz CT molecular complexity index is 594. The van der Waals surface area contributed by atoms with E-state index < -0.39 is 0 Å². The van der Waals surface area contributed by atoms with Crippen molar-refractivity contribution in [2.45, 2.75) is 45.1 Å². The van der Waals surface area contributed by atoms with E-state index in [9.17, 15) is 4.79 Å². The van der Waals surface area contributed by atoms with Crippen molar-refractivity contribution in [2.75, 3.05) is 26.2 Å². The van der Waals surface area contributed by atoms with E-state index in [1.165, 1.54) is 5.56 Å². The number of rotatable bonds is 5. The molecule has 2 atom stereocenters. The molecule has 1 heterocycles. The second-order valence-electron chi connectivity index (χ2n) is 6.82. The summed E-state index contributed by atoms with van der Waals surface area (Å²) in [6.07, 6.45) is 2.85. The highest BCUT2D eigenvalue weighted by atomic mass is 16.5. The fraction of sp³-hybridized carbons (Fsp3) is 0.600. The average molecular weight is 343 g/mol. The number of piperidine rings is 1. The first-order valence-electron chi connectivity index (χ1n) is 9.50. The van der Waals surface area contributed by atoms with E-state index in [0.717, 1.165) is 44.9 Å². The highest BCUT2D eigenvalue weighted by Gasteiger charge is 2.40. The third-order valence-corrected chi connectivity index (χ3v) is 5.05. The van der Waals surface area contributed by atoms with Crippen LogP contribution in [0.5, 0.6) is 0 Å². The van der Waals surface area contributed by atoms with Gasteiger partial charge in [-0.2, -0.15) is 0 Å². The fourth-order valence-corrected chi connectivity index (χ4v) is 3.56. The van der Waals surface area contributed by atoms with Gasteiger partial charge in [-0.1, -0.05) is 30.3 Å². The summed E-state index contributed by atoms with van der Waals surface area (Å²) >= 11 is 0. The average Bonchev–Trinajstić information content (AvgIpc) is 3.42. The molecule has 5 heteroatoms. The van der Waals surface area contributed by atoms with Gasteiger partial charge in [-0.05, 0) is 38.7 Å². The van der Waals surface area contributed by atoms with E-state index in [2.05, 4.69) is 52.5 Å². The number of carbonyl (C=O) groups is 1. The SMILES string of the molecule is CCN=C(NC1CC1c1ccccc1)N1CCC(C(=O)OCC)CC1. The largest absolute Gasteiger partial charge is 0.466 e. The Labute approximate surface area is 150 Å². The molecular formula is C20H29N3O2. The number of nitrogens with one attached hydrogen (secondary N) is 1. The zero-order chi connectivity index (χ0) is 17.6. The Hall–Kier alpha value is -2.04. The fourth-order valence-electron chi connectivity index (χ4n) is 3.56. The standard InChI is InChI=1S/C20H29N3O2/c1-3-21-20(22-18-14-17(18)15-8-6-5-7-9-15)23-12-10-16(11-13-23)19(24)25-4-2/h5-9,16-18H,3-4,10-14H2,1-2H3,(H,21,22). The molecule has 0 spiro atoms. The lowest BCUT2D eigenvalue weighted by atomic mass is 9.97. The van der Waals surface area contributed by atoms with Gasteiger partial charge in [0, 0.05) is 31.6 Å². The van der Waals surface area contributed by atoms with Gasteiger partial charge in [0.1, 0.15) is 0 Å². The lowest BCUT2D eigenvalue weighted by Gasteiger charge is -2.33. The first kappa shape index (κ1) is 17.8. The molecule has 136 valence electrons. The smallest absolute Gasteiger partial charge is 0.309 e. The van der Waals surface area contributed by atoms with Crippen LogP contribution in [0.2, 0.25) is 0 Å². The van der Waals surface area contributed by atoms with Gasteiger partial charge in [0.05, 0.1) is 12.5 Å². The van der Waals surface area contributed by atoms with Crippen molar-refractivity contribution >= 4 is 11.9 Å². The number of benzene rings is 1. The Morgan fingerprint density at radius 2 is 1.96 bits per heavy atom. The number of ether oxygens (including phenoxy) is 1. The van der Waals surface area contributed by atoms with Crippen LogP contribution in [-0.4, -0.2) is 49.1 Å². The molecule has 25 heavy (non-hydrogen) atoms. The minimum atomic E-state index is -0.0459. The number of hydrogen-bond donors (Lipinski definition) is 1. The maximum absolute atomic E-state index is 11.9. The van der Waals surface area contributed by atoms with Crippen molar-refractivity contribution in [3.8, 4) is 0 Å². The van der Waals surface area contributed by atoms with Gasteiger partial charge >= 0.3 is 5.97 Å². The van der Waals surface area contributed by atoms with Crippen LogP contribution in [-0.2, 0) is 9.53 Å². The van der Waals surface area contributed by atoms with Gasteiger partial charge in [-0.3, -0.25) is 9.79 Å². The topological polar surface area (TPSA) is 53.9 Å². The van der Waals surface area contributed by atoms with Gasteiger partial charge in [-0.25, -0.2) is 0 Å². The summed E-state index contributed by atoms with van der Waals surface area (Å²) in [5.74, 6) is 1.57. The zero-order valence-electron chi connectivity index (χ0n) is 15.3. The van der Waals surface area contributed by atoms with Crippen molar-refractivity contribution in [3.63, 3.8) is 0 Å². The monoisotopic (exact) mass is 343 g/mol. The lowest BCUT2D eigenvalue weighted by Crippen LogP contribution is -2.47. The highest BCUT2D eigenvalue weighted by molar-refractivity contribution is 5.81. The van der Waals surface area contributed by atoms with Gasteiger partial charge in [0.25, 0.3) is 0 Å². The molecule has 0 amide bonds. The quantitative estimate of drug-likeness (QED) is 0.507. The number of hydrogen-bond acceptors (Lipinski definition) is 3. The first-order chi connectivity index (χ1) is 12.2. The molecule has 1 saturated heterocycles. The van der Waals surface area contributed by atoms with Gasteiger partial charge in [0.15, 0.2) is 5.96 Å². The first-order valence-corrected chi connectivity index (χ1v) is 9.50. The normalized spacial score (nSPS) is 24.1. The van der Waals surface area contributed by atoms with Crippen LogP contribution < -0.4 is 5.32 Å². The van der Waals surface area contributed by atoms with E-state index >= 15 is 0 Å². The van der Waals surface area contributed by atoms with Gasteiger partial charge in [-0.15, -0.1) is 0 Å². The molecule has 0 radical (unpaired) electrons. The van der Waals surface area contributed by atoms with Crippen LogP contribution >= 0.6 is 0 Å². The van der Waals surface area contributed by atoms with Crippen LogP contribution in [0.1, 0.15) is 44.6 Å². The van der Waals surface area contributed by atoms with Crippen LogP contribution in [0, 0.1) is 5.92 Å². The molecule has 2 fully saturated rings. The van der Waals surface area contributed by atoms with Crippen LogP contribution in [0.15, 0.2) is 35.3 Å². The van der Waals surface area contributed by atoms with Gasteiger partial charge in [0.2, 0.25) is 0 Å². The van der Waals surface area contributed by atoms with E-state index in [1.54, 1.807) is 0 Å². The van der Waals surface area contributed by atoms with E-state index in [1.807, 2.05) is 6.92 Å². The molecule has 0 bridgehead atoms. The number of esters is 1. The number of aliphatic imine (C=N–C) groups is 1. The number of likely N-dealkylation sites (tertiary alicyclic amines) is 1. The van der Waals surface area contributed by atoms with Crippen molar-refractivity contribution in [2.24, 2.45) is 10.9 Å². The third kappa shape index (κ3) is 4.53. The minimum Gasteiger partial charge on any atom is -0.466 e. The van der Waals surface area contributed by atoms with Crippen LogP contribution in [0.3, 0.4) is 0 Å².